The number of rotatable bonds is 17. The van der Waals surface area contributed by atoms with Gasteiger partial charge in [0, 0.05) is 5.41 Å². The molecular formula is C53H76Br4O5Si2. The van der Waals surface area contributed by atoms with Gasteiger partial charge < -0.3 is 23.7 Å². The molecule has 3 saturated heterocycles. The summed E-state index contributed by atoms with van der Waals surface area (Å²) in [7, 11) is -3.09. The maximum Gasteiger partial charge on any atom is 0.147 e. The molecule has 3 aliphatic rings. The monoisotopic (exact) mass is 1160 g/mol. The zero-order chi connectivity index (χ0) is 47.4. The summed E-state index contributed by atoms with van der Waals surface area (Å²) in [5.74, 6) is 1.72. The average Bonchev–Trinajstić information content (AvgIpc) is 4.07. The predicted octanol–water partition coefficient (Wildman–Crippen LogP) is 15.5. The van der Waals surface area contributed by atoms with E-state index in [0.29, 0.717) is 31.5 Å². The third-order valence-corrected chi connectivity index (χ3v) is 21.7. The second kappa shape index (κ2) is 25.4. The van der Waals surface area contributed by atoms with Crippen molar-refractivity contribution in [1.29, 1.82) is 0 Å². The fourth-order valence-corrected chi connectivity index (χ4v) is 15.5. The second-order valence-corrected chi connectivity index (χ2v) is 32.8. The third-order valence-electron chi connectivity index (χ3n) is 12.4. The van der Waals surface area contributed by atoms with Gasteiger partial charge in [-0.05, 0) is 159 Å². The van der Waals surface area contributed by atoms with Crippen LogP contribution in [0.15, 0.2) is 78.6 Å². The Kier molecular flexibility index (Phi) is 21.9. The number of hydrogen-bond donors (Lipinski definition) is 0. The van der Waals surface area contributed by atoms with Crippen LogP contribution in [0.3, 0.4) is 0 Å². The summed E-state index contributed by atoms with van der Waals surface area (Å²) < 4.78 is 31.2. The van der Waals surface area contributed by atoms with Crippen molar-refractivity contribution >= 4 is 90.2 Å². The summed E-state index contributed by atoms with van der Waals surface area (Å²) in [4.78, 5) is 0. The first-order valence-electron chi connectivity index (χ1n) is 23.4. The largest absolute Gasteiger partial charge is 0.491 e. The van der Waals surface area contributed by atoms with Crippen LogP contribution in [-0.4, -0.2) is 67.5 Å². The molecule has 5 nitrogen and oxygen atoms in total. The highest BCUT2D eigenvalue weighted by molar-refractivity contribution is 9.11. The summed E-state index contributed by atoms with van der Waals surface area (Å²) in [5.41, 5.74) is 7.52. The predicted molar refractivity (Wildman–Crippen MR) is 292 cm³/mol. The molecule has 0 aliphatic carbocycles. The van der Waals surface area contributed by atoms with Crippen LogP contribution in [0.2, 0.25) is 38.3 Å². The molecular weight excluding hydrogens is 1090 g/mol. The molecule has 7 rings (SSSR count). The van der Waals surface area contributed by atoms with Crippen molar-refractivity contribution in [2.45, 2.75) is 156 Å². The fourth-order valence-electron chi connectivity index (χ4n) is 7.59. The first-order chi connectivity index (χ1) is 30.1. The van der Waals surface area contributed by atoms with Gasteiger partial charge in [-0.25, -0.2) is 0 Å². The molecule has 0 saturated carbocycles. The average molecular weight is 1170 g/mol. The molecule has 3 fully saturated rings. The second-order valence-electron chi connectivity index (χ2n) is 19.7. The molecule has 0 radical (unpaired) electrons. The lowest BCUT2D eigenvalue weighted by atomic mass is 9.78. The molecule has 3 aliphatic heterocycles. The van der Waals surface area contributed by atoms with Gasteiger partial charge in [0.15, 0.2) is 0 Å². The number of epoxide rings is 3. The van der Waals surface area contributed by atoms with Gasteiger partial charge in [0.1, 0.15) is 11.5 Å². The summed E-state index contributed by atoms with van der Waals surface area (Å²) in [5, 5.41) is 3.07. The lowest BCUT2D eigenvalue weighted by Gasteiger charge is -2.28. The summed E-state index contributed by atoms with van der Waals surface area (Å²) in [6.07, 6.45) is 7.54. The molecule has 354 valence electrons. The van der Waals surface area contributed by atoms with Crippen LogP contribution in [-0.2, 0) is 19.6 Å². The van der Waals surface area contributed by atoms with Crippen molar-refractivity contribution in [3.63, 3.8) is 0 Å². The standard InChI is InChI=1S/C41H52Br4O2Si2.3C4H8O/c1-27-17-28(2)20-33(19-27)48(7,8)15-11-13-46-39-35(42)23-31(24-36(39)43)41(5,6)32-25-37(44)40(38(45)26-32)47-14-12-16-49(9,10)34-21-29(3)18-30(4)22-34;3*1-2-4-3-5-4/h17-26H,11-16H2,1-10H3;3*4H,2-3H2,1H3. The highest BCUT2D eigenvalue weighted by Gasteiger charge is 2.29. The number of benzene rings is 4. The Labute approximate surface area is 423 Å². The van der Waals surface area contributed by atoms with Crippen LogP contribution in [0.4, 0.5) is 0 Å². The Balaban J connectivity index is 0.000000499. The van der Waals surface area contributed by atoms with Crippen LogP contribution < -0.4 is 19.8 Å². The molecule has 4 aromatic carbocycles. The van der Waals surface area contributed by atoms with Crippen LogP contribution >= 0.6 is 63.7 Å². The van der Waals surface area contributed by atoms with Gasteiger partial charge in [-0.3, -0.25) is 0 Å². The fraction of sp³-hybridized carbons (Fsp3) is 0.547. The van der Waals surface area contributed by atoms with Crippen molar-refractivity contribution in [2.24, 2.45) is 0 Å². The molecule has 0 bridgehead atoms. The van der Waals surface area contributed by atoms with Crippen molar-refractivity contribution in [1.82, 2.24) is 0 Å². The molecule has 0 amide bonds. The number of ether oxygens (including phenoxy) is 5. The Morgan fingerprint density at radius 2 is 0.766 bits per heavy atom. The van der Waals surface area contributed by atoms with E-state index in [1.165, 1.54) is 75.1 Å². The van der Waals surface area contributed by atoms with Crippen molar-refractivity contribution < 1.29 is 23.7 Å². The highest BCUT2D eigenvalue weighted by atomic mass is 79.9. The quantitative estimate of drug-likeness (QED) is 0.0599. The SMILES string of the molecule is CCC1CO1.CCC1CO1.CCC1CO1.Cc1cc(C)cc([Si](C)(C)CCCOc2c(Br)cc(C(C)(C)c3cc(Br)c(OCCC[Si](C)(C)c4cc(C)cc(C)c4)c(Br)c3)cc2Br)c1. The number of hydrogen-bond acceptors (Lipinski definition) is 5. The minimum absolute atomic E-state index is 0.268. The zero-order valence-corrected chi connectivity index (χ0v) is 49.4. The van der Waals surface area contributed by atoms with E-state index in [0.717, 1.165) is 62.1 Å². The van der Waals surface area contributed by atoms with Crippen molar-refractivity contribution in [2.75, 3.05) is 33.0 Å². The first-order valence-corrected chi connectivity index (χ1v) is 33.0. The van der Waals surface area contributed by atoms with E-state index in [2.05, 4.69) is 213 Å². The molecule has 4 aromatic rings. The van der Waals surface area contributed by atoms with E-state index < -0.39 is 16.1 Å². The Morgan fingerprint density at radius 1 is 0.500 bits per heavy atom. The molecule has 64 heavy (non-hydrogen) atoms. The molecule has 3 atom stereocenters. The highest BCUT2D eigenvalue weighted by Crippen LogP contribution is 2.44. The Bertz CT molecular complexity index is 1870. The van der Waals surface area contributed by atoms with Gasteiger partial charge in [0.25, 0.3) is 0 Å². The van der Waals surface area contributed by atoms with E-state index >= 15 is 0 Å². The van der Waals surface area contributed by atoms with Gasteiger partial charge in [0.05, 0.1) is 85.4 Å². The van der Waals surface area contributed by atoms with E-state index in [4.69, 9.17) is 23.7 Å². The van der Waals surface area contributed by atoms with Crippen LogP contribution in [0.1, 0.15) is 100 Å². The zero-order valence-electron chi connectivity index (χ0n) is 41.0. The lowest BCUT2D eigenvalue weighted by Crippen LogP contribution is -2.41. The topological polar surface area (TPSA) is 56.0 Å². The molecule has 3 unspecified atom stereocenters. The molecule has 0 aromatic heterocycles. The first kappa shape index (κ1) is 55.3. The van der Waals surface area contributed by atoms with E-state index in [9.17, 15) is 0 Å². The van der Waals surface area contributed by atoms with E-state index in [1.807, 2.05) is 0 Å². The van der Waals surface area contributed by atoms with E-state index in [-0.39, 0.29) is 5.41 Å². The summed E-state index contributed by atoms with van der Waals surface area (Å²) >= 11 is 15.3. The molecule has 3 heterocycles. The van der Waals surface area contributed by atoms with Crippen molar-refractivity contribution in [3.8, 4) is 11.5 Å². The molecule has 11 heteroatoms. The third kappa shape index (κ3) is 18.0. The maximum absolute atomic E-state index is 6.38. The molecule has 0 N–H and O–H groups in total. The van der Waals surface area contributed by atoms with Gasteiger partial charge in [-0.1, -0.05) is 142 Å². The maximum atomic E-state index is 6.38. The Hall–Kier alpha value is -1.29. The summed E-state index contributed by atoms with van der Waals surface area (Å²) in [6, 6.07) is 25.2. The van der Waals surface area contributed by atoms with Crippen LogP contribution in [0.25, 0.3) is 0 Å². The van der Waals surface area contributed by atoms with Gasteiger partial charge in [-0.2, -0.15) is 0 Å². The normalized spacial score (nSPS) is 17.5. The summed E-state index contributed by atoms with van der Waals surface area (Å²) in [6.45, 7) is 34.0. The van der Waals surface area contributed by atoms with Gasteiger partial charge in [0.2, 0.25) is 0 Å². The van der Waals surface area contributed by atoms with Crippen LogP contribution in [0, 0.1) is 27.7 Å². The van der Waals surface area contributed by atoms with Gasteiger partial charge >= 0.3 is 0 Å². The smallest absolute Gasteiger partial charge is 0.147 e. The lowest BCUT2D eigenvalue weighted by molar-refractivity contribution is 0.312. The number of halogens is 4. The number of aryl methyl sites for hydroxylation is 4. The Morgan fingerprint density at radius 3 is 0.984 bits per heavy atom. The minimum atomic E-state index is -1.54. The molecule has 0 spiro atoms. The van der Waals surface area contributed by atoms with Crippen LogP contribution in [0.5, 0.6) is 11.5 Å². The van der Waals surface area contributed by atoms with Crippen molar-refractivity contribution in [3.05, 3.63) is 112 Å². The minimum Gasteiger partial charge on any atom is -0.491 e. The van der Waals surface area contributed by atoms with E-state index in [1.54, 1.807) is 0 Å². The van der Waals surface area contributed by atoms with Gasteiger partial charge in [-0.15, -0.1) is 0 Å².